The standard InChI is InChI=1S/C22H26N4O2/c1-26-18(23-19-20(26)24-22(28)25-21(19)27)14-13-17-11-9-16(10-12-17)8-7-15-5-3-2-4-6-15/h15-17H,2-6,9-12H2,1H3,(H2,24,25,27,28). The van der Waals surface area contributed by atoms with E-state index in [1.54, 1.807) is 11.6 Å². The largest absolute Gasteiger partial charge is 0.327 e. The van der Waals surface area contributed by atoms with Gasteiger partial charge in [-0.15, -0.1) is 0 Å². The van der Waals surface area contributed by atoms with Crippen molar-refractivity contribution in [2.24, 2.45) is 24.8 Å². The number of aromatic amines is 2. The molecule has 2 heterocycles. The van der Waals surface area contributed by atoms with Gasteiger partial charge in [-0.05, 0) is 44.4 Å². The number of hydrogen-bond acceptors (Lipinski definition) is 3. The van der Waals surface area contributed by atoms with Gasteiger partial charge < -0.3 is 4.57 Å². The van der Waals surface area contributed by atoms with Crippen molar-refractivity contribution in [1.82, 2.24) is 19.5 Å². The van der Waals surface area contributed by atoms with Crippen LogP contribution in [0.15, 0.2) is 9.59 Å². The van der Waals surface area contributed by atoms with Crippen LogP contribution >= 0.6 is 0 Å². The molecule has 0 saturated heterocycles. The van der Waals surface area contributed by atoms with Crippen LogP contribution in [0, 0.1) is 41.4 Å². The van der Waals surface area contributed by atoms with Gasteiger partial charge in [0.25, 0.3) is 5.56 Å². The lowest BCUT2D eigenvalue weighted by Crippen LogP contribution is -2.22. The molecule has 0 atom stereocenters. The molecule has 0 spiro atoms. The van der Waals surface area contributed by atoms with E-state index in [2.05, 4.69) is 38.6 Å². The van der Waals surface area contributed by atoms with E-state index >= 15 is 0 Å². The van der Waals surface area contributed by atoms with Gasteiger partial charge in [-0.25, -0.2) is 9.78 Å². The minimum absolute atomic E-state index is 0.216. The van der Waals surface area contributed by atoms with Gasteiger partial charge in [-0.3, -0.25) is 14.8 Å². The van der Waals surface area contributed by atoms with Crippen LogP contribution in [0.25, 0.3) is 11.2 Å². The Morgan fingerprint density at radius 1 is 0.857 bits per heavy atom. The Labute approximate surface area is 164 Å². The number of imidazole rings is 1. The van der Waals surface area contributed by atoms with Crippen LogP contribution in [0.3, 0.4) is 0 Å². The molecule has 2 aromatic rings. The maximum Gasteiger partial charge on any atom is 0.327 e. The van der Waals surface area contributed by atoms with Gasteiger partial charge in [0.2, 0.25) is 0 Å². The quantitative estimate of drug-likeness (QED) is 0.692. The lowest BCUT2D eigenvalue weighted by molar-refractivity contribution is 0.371. The minimum atomic E-state index is -0.535. The summed E-state index contributed by atoms with van der Waals surface area (Å²) in [4.78, 5) is 32.4. The summed E-state index contributed by atoms with van der Waals surface area (Å²) < 4.78 is 1.67. The van der Waals surface area contributed by atoms with Crippen LogP contribution in [-0.2, 0) is 7.05 Å². The monoisotopic (exact) mass is 378 g/mol. The highest BCUT2D eigenvalue weighted by molar-refractivity contribution is 5.70. The molecule has 0 amide bonds. The predicted molar refractivity (Wildman–Crippen MR) is 109 cm³/mol. The Balaban J connectivity index is 1.40. The van der Waals surface area contributed by atoms with Crippen LogP contribution in [0.5, 0.6) is 0 Å². The highest BCUT2D eigenvalue weighted by Crippen LogP contribution is 2.29. The third-order valence-electron chi connectivity index (χ3n) is 5.98. The van der Waals surface area contributed by atoms with Gasteiger partial charge in [0.05, 0.1) is 0 Å². The SMILES string of the molecule is Cn1c(C#CC2CCC(C#CC3CCCCC3)CC2)nc2c(=O)[nH]c(=O)[nH]c21. The van der Waals surface area contributed by atoms with E-state index in [4.69, 9.17) is 0 Å². The number of rotatable bonds is 0. The summed E-state index contributed by atoms with van der Waals surface area (Å²) in [5, 5.41) is 0. The van der Waals surface area contributed by atoms with Gasteiger partial charge >= 0.3 is 5.69 Å². The van der Waals surface area contributed by atoms with Crippen molar-refractivity contribution in [3.05, 3.63) is 26.7 Å². The minimum Gasteiger partial charge on any atom is -0.306 e. The second kappa shape index (κ2) is 8.10. The molecule has 2 aromatic heterocycles. The Morgan fingerprint density at radius 3 is 2.14 bits per heavy atom. The zero-order valence-electron chi connectivity index (χ0n) is 16.3. The van der Waals surface area contributed by atoms with Crippen molar-refractivity contribution in [3.8, 4) is 23.7 Å². The van der Waals surface area contributed by atoms with E-state index in [0.29, 0.717) is 29.2 Å². The molecule has 2 N–H and O–H groups in total. The van der Waals surface area contributed by atoms with Crippen LogP contribution in [0.1, 0.15) is 63.6 Å². The smallest absolute Gasteiger partial charge is 0.306 e. The molecular weight excluding hydrogens is 352 g/mol. The third kappa shape index (κ3) is 4.07. The third-order valence-corrected chi connectivity index (χ3v) is 5.98. The lowest BCUT2D eigenvalue weighted by atomic mass is 9.82. The van der Waals surface area contributed by atoms with E-state index in [9.17, 15) is 9.59 Å². The molecule has 2 aliphatic carbocycles. The fraction of sp³-hybridized carbons (Fsp3) is 0.591. The molecule has 2 saturated carbocycles. The molecule has 0 unspecified atom stereocenters. The second-order valence-electron chi connectivity index (χ2n) is 8.04. The first-order valence-corrected chi connectivity index (χ1v) is 10.3. The second-order valence-corrected chi connectivity index (χ2v) is 8.04. The lowest BCUT2D eigenvalue weighted by Gasteiger charge is -2.22. The molecule has 0 aliphatic heterocycles. The van der Waals surface area contributed by atoms with Crippen molar-refractivity contribution in [1.29, 1.82) is 0 Å². The molecule has 2 fully saturated rings. The highest BCUT2D eigenvalue weighted by atomic mass is 16.2. The molecule has 4 rings (SSSR count). The number of aryl methyl sites for hydroxylation is 1. The van der Waals surface area contributed by atoms with Gasteiger partial charge in [0, 0.05) is 24.8 Å². The zero-order chi connectivity index (χ0) is 19.5. The topological polar surface area (TPSA) is 83.5 Å². The molecule has 0 bridgehead atoms. The fourth-order valence-corrected chi connectivity index (χ4v) is 4.24. The van der Waals surface area contributed by atoms with Crippen LogP contribution < -0.4 is 11.2 Å². The van der Waals surface area contributed by atoms with E-state index in [1.165, 1.54) is 32.1 Å². The summed E-state index contributed by atoms with van der Waals surface area (Å²) in [6.45, 7) is 0. The number of aromatic nitrogens is 4. The van der Waals surface area contributed by atoms with Crippen molar-refractivity contribution in [2.45, 2.75) is 57.8 Å². The Kier molecular flexibility index (Phi) is 5.39. The van der Waals surface area contributed by atoms with Gasteiger partial charge in [0.1, 0.15) is 5.65 Å². The first-order valence-electron chi connectivity index (χ1n) is 10.3. The summed E-state index contributed by atoms with van der Waals surface area (Å²) in [6, 6.07) is 0. The molecule has 28 heavy (non-hydrogen) atoms. The van der Waals surface area contributed by atoms with Gasteiger partial charge in [-0.2, -0.15) is 0 Å². The van der Waals surface area contributed by atoms with Crippen molar-refractivity contribution in [3.63, 3.8) is 0 Å². The summed E-state index contributed by atoms with van der Waals surface area (Å²) in [5.41, 5.74) is -0.403. The molecular formula is C22H26N4O2. The van der Waals surface area contributed by atoms with E-state index in [0.717, 1.165) is 25.7 Å². The maximum atomic E-state index is 11.9. The van der Waals surface area contributed by atoms with Crippen molar-refractivity contribution < 1.29 is 0 Å². The van der Waals surface area contributed by atoms with Crippen LogP contribution in [-0.4, -0.2) is 19.5 Å². The van der Waals surface area contributed by atoms with Crippen molar-refractivity contribution in [2.75, 3.05) is 0 Å². The zero-order valence-corrected chi connectivity index (χ0v) is 16.3. The van der Waals surface area contributed by atoms with E-state index < -0.39 is 11.2 Å². The Hall–Kier alpha value is -2.73. The van der Waals surface area contributed by atoms with Crippen molar-refractivity contribution >= 4 is 11.2 Å². The van der Waals surface area contributed by atoms with E-state index in [1.807, 2.05) is 0 Å². The van der Waals surface area contributed by atoms with Gasteiger partial charge in [-0.1, -0.05) is 37.0 Å². The Morgan fingerprint density at radius 2 is 1.46 bits per heavy atom. The first kappa shape index (κ1) is 18.6. The number of H-pyrrole nitrogens is 2. The summed E-state index contributed by atoms with van der Waals surface area (Å²) in [6.07, 6.45) is 10.9. The van der Waals surface area contributed by atoms with E-state index in [-0.39, 0.29) is 5.52 Å². The van der Waals surface area contributed by atoms with Gasteiger partial charge in [0.15, 0.2) is 11.3 Å². The highest BCUT2D eigenvalue weighted by Gasteiger charge is 2.19. The maximum absolute atomic E-state index is 11.9. The average molecular weight is 378 g/mol. The predicted octanol–water partition coefficient (Wildman–Crippen LogP) is 2.69. The first-order chi connectivity index (χ1) is 13.6. The normalized spacial score (nSPS) is 22.9. The molecule has 6 nitrogen and oxygen atoms in total. The molecule has 146 valence electrons. The Bertz CT molecular complexity index is 1090. The van der Waals surface area contributed by atoms with Crippen LogP contribution in [0.4, 0.5) is 0 Å². The van der Waals surface area contributed by atoms with Crippen LogP contribution in [0.2, 0.25) is 0 Å². The average Bonchev–Trinajstić information content (AvgIpc) is 3.03. The number of nitrogens with one attached hydrogen (secondary N) is 2. The molecule has 0 radical (unpaired) electrons. The number of hydrogen-bond donors (Lipinski definition) is 2. The number of fused-ring (bicyclic) bond motifs is 1. The summed E-state index contributed by atoms with van der Waals surface area (Å²) in [7, 11) is 1.76. The summed E-state index contributed by atoms with van der Waals surface area (Å²) >= 11 is 0. The molecule has 6 heteroatoms. The fourth-order valence-electron chi connectivity index (χ4n) is 4.24. The molecule has 2 aliphatic rings. The summed E-state index contributed by atoms with van der Waals surface area (Å²) in [5.74, 6) is 15.5. The molecule has 0 aromatic carbocycles. The number of nitrogens with zero attached hydrogens (tertiary/aromatic N) is 2.